The van der Waals surface area contributed by atoms with Crippen LogP contribution >= 0.6 is 15.9 Å². The molecule has 0 radical (unpaired) electrons. The molecule has 0 N–H and O–H groups in total. The van der Waals surface area contributed by atoms with E-state index in [1.54, 1.807) is 6.07 Å². The minimum atomic E-state index is 0.856. The number of nitrogens with zero attached hydrogens (tertiary/aromatic N) is 1. The smallest absolute Gasteiger partial charge is 0.152 e. The maximum absolute atomic E-state index is 8.22. The molecule has 0 atom stereocenters. The van der Waals surface area contributed by atoms with Gasteiger partial charge in [-0.15, -0.1) is 0 Å². The summed E-state index contributed by atoms with van der Waals surface area (Å²) in [5.41, 5.74) is 2.02. The summed E-state index contributed by atoms with van der Waals surface area (Å²) < 4.78 is 1.02. The fourth-order valence-corrected chi connectivity index (χ4v) is 1.15. The van der Waals surface area contributed by atoms with Crippen LogP contribution < -0.4 is 0 Å². The van der Waals surface area contributed by atoms with Crippen molar-refractivity contribution in [2.45, 2.75) is 6.92 Å². The third-order valence-electron chi connectivity index (χ3n) is 1.43. The molecule has 1 rings (SSSR count). The molecule has 0 amide bonds. The average molecular weight is 220 g/mol. The van der Waals surface area contributed by atoms with Gasteiger partial charge in [-0.1, -0.05) is 27.9 Å². The second-order valence-corrected chi connectivity index (χ2v) is 3.18. The van der Waals surface area contributed by atoms with Crippen molar-refractivity contribution in [3.63, 3.8) is 0 Å². The number of benzene rings is 1. The van der Waals surface area contributed by atoms with Crippen LogP contribution in [0.25, 0.3) is 0 Å². The van der Waals surface area contributed by atoms with Crippen LogP contribution in [0.5, 0.6) is 0 Å². The zero-order chi connectivity index (χ0) is 8.97. The SMILES string of the molecule is Cc1ccc(C#CC#N)cc1Br. The molecule has 0 saturated carbocycles. The van der Waals surface area contributed by atoms with Gasteiger partial charge in [0.05, 0.1) is 0 Å². The molecule has 0 heterocycles. The first-order chi connectivity index (χ1) is 5.74. The van der Waals surface area contributed by atoms with Gasteiger partial charge in [0.1, 0.15) is 0 Å². The van der Waals surface area contributed by atoms with Crippen LogP contribution in [0.3, 0.4) is 0 Å². The summed E-state index contributed by atoms with van der Waals surface area (Å²) in [4.78, 5) is 0. The molecule has 0 unspecified atom stereocenters. The first-order valence-electron chi connectivity index (χ1n) is 3.40. The van der Waals surface area contributed by atoms with Crippen molar-refractivity contribution >= 4 is 15.9 Å². The largest absolute Gasteiger partial charge is 0.183 e. The standard InChI is InChI=1S/C10H6BrN/c1-8-4-5-9(3-2-6-12)7-10(8)11/h4-5,7H,1H3. The van der Waals surface area contributed by atoms with Crippen molar-refractivity contribution in [1.82, 2.24) is 0 Å². The van der Waals surface area contributed by atoms with Crippen LogP contribution in [0.2, 0.25) is 0 Å². The number of hydrogen-bond donors (Lipinski definition) is 0. The second-order valence-electron chi connectivity index (χ2n) is 2.33. The number of aryl methyl sites for hydroxylation is 1. The zero-order valence-corrected chi connectivity index (χ0v) is 8.14. The van der Waals surface area contributed by atoms with Crippen LogP contribution in [-0.2, 0) is 0 Å². The highest BCUT2D eigenvalue weighted by atomic mass is 79.9. The topological polar surface area (TPSA) is 23.8 Å². The van der Waals surface area contributed by atoms with Gasteiger partial charge >= 0.3 is 0 Å². The van der Waals surface area contributed by atoms with Gasteiger partial charge in [0.25, 0.3) is 0 Å². The Morgan fingerprint density at radius 1 is 1.42 bits per heavy atom. The van der Waals surface area contributed by atoms with E-state index >= 15 is 0 Å². The number of rotatable bonds is 0. The van der Waals surface area contributed by atoms with Gasteiger partial charge < -0.3 is 0 Å². The van der Waals surface area contributed by atoms with Crippen molar-refractivity contribution in [3.8, 4) is 17.9 Å². The van der Waals surface area contributed by atoms with Gasteiger partial charge in [0.2, 0.25) is 0 Å². The number of halogens is 1. The molecular weight excluding hydrogens is 214 g/mol. The first-order valence-corrected chi connectivity index (χ1v) is 4.19. The van der Waals surface area contributed by atoms with Gasteiger partial charge in [-0.05, 0) is 24.6 Å². The van der Waals surface area contributed by atoms with Crippen molar-refractivity contribution in [1.29, 1.82) is 5.26 Å². The molecule has 2 heteroatoms. The lowest BCUT2D eigenvalue weighted by atomic mass is 10.2. The molecule has 0 aliphatic carbocycles. The minimum absolute atomic E-state index is 0.856. The highest BCUT2D eigenvalue weighted by Crippen LogP contribution is 2.16. The molecule has 0 bridgehead atoms. The molecular formula is C10H6BrN. The number of hydrogen-bond acceptors (Lipinski definition) is 1. The summed E-state index contributed by atoms with van der Waals surface area (Å²) in [6.07, 6.45) is 0. The van der Waals surface area contributed by atoms with Gasteiger partial charge in [-0.3, -0.25) is 0 Å². The van der Waals surface area contributed by atoms with E-state index in [0.717, 1.165) is 15.6 Å². The molecule has 1 aromatic rings. The number of nitriles is 1. The Morgan fingerprint density at radius 2 is 2.17 bits per heavy atom. The fraction of sp³-hybridized carbons (Fsp3) is 0.100. The fourth-order valence-electron chi connectivity index (χ4n) is 0.771. The van der Waals surface area contributed by atoms with E-state index in [-0.39, 0.29) is 0 Å². The van der Waals surface area contributed by atoms with E-state index in [9.17, 15) is 0 Å². The van der Waals surface area contributed by atoms with Crippen LogP contribution in [0, 0.1) is 30.1 Å². The molecule has 0 spiro atoms. The van der Waals surface area contributed by atoms with Gasteiger partial charge in [0.15, 0.2) is 6.07 Å². The second kappa shape index (κ2) is 3.95. The minimum Gasteiger partial charge on any atom is -0.183 e. The lowest BCUT2D eigenvalue weighted by molar-refractivity contribution is 1.42. The molecule has 1 aromatic carbocycles. The van der Waals surface area contributed by atoms with E-state index in [0.29, 0.717) is 0 Å². The first kappa shape index (κ1) is 8.84. The lowest BCUT2D eigenvalue weighted by Crippen LogP contribution is -1.78. The average Bonchev–Trinajstić information content (AvgIpc) is 2.07. The highest BCUT2D eigenvalue weighted by Gasteiger charge is 1.93. The van der Waals surface area contributed by atoms with Crippen molar-refractivity contribution in [3.05, 3.63) is 33.8 Å². The predicted molar refractivity (Wildman–Crippen MR) is 51.4 cm³/mol. The van der Waals surface area contributed by atoms with Crippen molar-refractivity contribution in [2.24, 2.45) is 0 Å². The summed E-state index contributed by atoms with van der Waals surface area (Å²) in [6, 6.07) is 7.53. The monoisotopic (exact) mass is 219 g/mol. The van der Waals surface area contributed by atoms with E-state index in [2.05, 4.69) is 27.8 Å². The summed E-state index contributed by atoms with van der Waals surface area (Å²) in [6.45, 7) is 2.01. The zero-order valence-electron chi connectivity index (χ0n) is 6.56. The van der Waals surface area contributed by atoms with Crippen LogP contribution in [0.1, 0.15) is 11.1 Å². The Kier molecular flexibility index (Phi) is 2.91. The molecule has 0 aliphatic heterocycles. The summed E-state index contributed by atoms with van der Waals surface area (Å²) in [7, 11) is 0. The van der Waals surface area contributed by atoms with E-state index in [4.69, 9.17) is 5.26 Å². The molecule has 0 saturated heterocycles. The third kappa shape index (κ3) is 2.12. The van der Waals surface area contributed by atoms with Gasteiger partial charge in [-0.25, -0.2) is 0 Å². The Hall–Kier alpha value is -1.25. The van der Waals surface area contributed by atoms with E-state index in [1.807, 2.05) is 25.1 Å². The van der Waals surface area contributed by atoms with Crippen LogP contribution in [0.4, 0.5) is 0 Å². The molecule has 1 nitrogen and oxygen atoms in total. The molecule has 12 heavy (non-hydrogen) atoms. The Labute approximate surface area is 80.2 Å². The lowest BCUT2D eigenvalue weighted by Gasteiger charge is -1.96. The Morgan fingerprint density at radius 3 is 2.75 bits per heavy atom. The third-order valence-corrected chi connectivity index (χ3v) is 2.29. The maximum Gasteiger partial charge on any atom is 0.152 e. The normalized spacial score (nSPS) is 8.08. The summed E-state index contributed by atoms with van der Waals surface area (Å²) >= 11 is 3.39. The molecule has 0 aliphatic rings. The maximum atomic E-state index is 8.22. The van der Waals surface area contributed by atoms with Crippen molar-refractivity contribution < 1.29 is 0 Å². The Bertz CT molecular complexity index is 391. The van der Waals surface area contributed by atoms with E-state index < -0.39 is 0 Å². The van der Waals surface area contributed by atoms with Crippen molar-refractivity contribution in [2.75, 3.05) is 0 Å². The molecule has 0 fully saturated rings. The summed E-state index contributed by atoms with van der Waals surface area (Å²) in [5.74, 6) is 5.07. The highest BCUT2D eigenvalue weighted by molar-refractivity contribution is 9.10. The molecule has 0 aromatic heterocycles. The van der Waals surface area contributed by atoms with Crippen LogP contribution in [-0.4, -0.2) is 0 Å². The van der Waals surface area contributed by atoms with Crippen LogP contribution in [0.15, 0.2) is 22.7 Å². The van der Waals surface area contributed by atoms with Gasteiger partial charge in [-0.2, -0.15) is 5.26 Å². The van der Waals surface area contributed by atoms with E-state index in [1.165, 1.54) is 0 Å². The predicted octanol–water partition coefficient (Wildman–Crippen LogP) is 2.63. The molecule has 58 valence electrons. The summed E-state index contributed by atoms with van der Waals surface area (Å²) in [5, 5.41) is 8.22. The van der Waals surface area contributed by atoms with Gasteiger partial charge in [0, 0.05) is 16.0 Å². The quantitative estimate of drug-likeness (QED) is 0.616. The Balaban J connectivity index is 3.07.